The van der Waals surface area contributed by atoms with Crippen molar-refractivity contribution in [1.29, 1.82) is 0 Å². The number of nitrogens with one attached hydrogen (secondary N) is 1. The van der Waals surface area contributed by atoms with Crippen molar-refractivity contribution in [2.75, 3.05) is 11.3 Å². The van der Waals surface area contributed by atoms with Crippen LogP contribution >= 0.6 is 0 Å². The van der Waals surface area contributed by atoms with Crippen LogP contribution in [-0.2, 0) is 10.0 Å². The molecule has 0 radical (unpaired) electrons. The summed E-state index contributed by atoms with van der Waals surface area (Å²) in [6.07, 6.45) is -4.51. The van der Waals surface area contributed by atoms with Gasteiger partial charge in [-0.05, 0) is 49.2 Å². The van der Waals surface area contributed by atoms with Crippen molar-refractivity contribution in [3.63, 3.8) is 0 Å². The van der Waals surface area contributed by atoms with Crippen LogP contribution in [0.15, 0.2) is 47.4 Å². The highest BCUT2D eigenvalue weighted by molar-refractivity contribution is 7.92. The van der Waals surface area contributed by atoms with E-state index >= 15 is 0 Å². The minimum Gasteiger partial charge on any atom is -0.482 e. The van der Waals surface area contributed by atoms with Crippen LogP contribution in [0.4, 0.5) is 18.9 Å². The monoisotopic (exact) mass is 359 g/mol. The van der Waals surface area contributed by atoms with Gasteiger partial charge in [0.25, 0.3) is 10.0 Å². The van der Waals surface area contributed by atoms with E-state index < -0.39 is 22.8 Å². The molecule has 1 N–H and O–H groups in total. The summed E-state index contributed by atoms with van der Waals surface area (Å²) in [5.41, 5.74) is 1.67. The first-order chi connectivity index (χ1) is 11.1. The maximum atomic E-state index is 12.4. The van der Waals surface area contributed by atoms with E-state index in [0.29, 0.717) is 0 Å². The Labute approximate surface area is 138 Å². The lowest BCUT2D eigenvalue weighted by Crippen LogP contribution is -2.20. The lowest BCUT2D eigenvalue weighted by molar-refractivity contribution is -0.153. The summed E-state index contributed by atoms with van der Waals surface area (Å²) >= 11 is 0. The number of aryl methyl sites for hydroxylation is 2. The number of halogens is 3. The van der Waals surface area contributed by atoms with Gasteiger partial charge in [0.15, 0.2) is 6.61 Å². The number of benzene rings is 2. The molecule has 0 amide bonds. The SMILES string of the molecule is Cc1ccc(S(=O)(=O)Nc2ccccc2OCC(F)(F)F)cc1C. The lowest BCUT2D eigenvalue weighted by Gasteiger charge is -2.15. The van der Waals surface area contributed by atoms with Crippen LogP contribution in [0.25, 0.3) is 0 Å². The fourth-order valence-corrected chi connectivity index (χ4v) is 3.08. The first kappa shape index (κ1) is 18.1. The summed E-state index contributed by atoms with van der Waals surface area (Å²) in [5, 5.41) is 0. The molecule has 0 aromatic heterocycles. The molecule has 0 atom stereocenters. The number of sulfonamides is 1. The number of anilines is 1. The summed E-state index contributed by atoms with van der Waals surface area (Å²) in [4.78, 5) is 0.0243. The zero-order valence-electron chi connectivity index (χ0n) is 13.0. The predicted molar refractivity (Wildman–Crippen MR) is 84.7 cm³/mol. The van der Waals surface area contributed by atoms with E-state index in [9.17, 15) is 21.6 Å². The topological polar surface area (TPSA) is 55.4 Å². The van der Waals surface area contributed by atoms with E-state index in [1.807, 2.05) is 6.92 Å². The van der Waals surface area contributed by atoms with E-state index in [2.05, 4.69) is 9.46 Å². The van der Waals surface area contributed by atoms with Crippen molar-refractivity contribution in [2.24, 2.45) is 0 Å². The maximum absolute atomic E-state index is 12.4. The van der Waals surface area contributed by atoms with Crippen molar-refractivity contribution < 1.29 is 26.3 Å². The molecule has 24 heavy (non-hydrogen) atoms. The van der Waals surface area contributed by atoms with Crippen molar-refractivity contribution in [3.8, 4) is 5.75 Å². The average Bonchev–Trinajstić information content (AvgIpc) is 2.48. The molecule has 2 aromatic carbocycles. The Morgan fingerprint density at radius 3 is 2.33 bits per heavy atom. The van der Waals surface area contributed by atoms with Gasteiger partial charge in [-0.3, -0.25) is 4.72 Å². The van der Waals surface area contributed by atoms with Crippen LogP contribution in [0.3, 0.4) is 0 Å². The predicted octanol–water partition coefficient (Wildman–Crippen LogP) is 4.05. The second-order valence-corrected chi connectivity index (χ2v) is 6.93. The van der Waals surface area contributed by atoms with Crippen LogP contribution in [0.1, 0.15) is 11.1 Å². The molecule has 0 aliphatic heterocycles. The molecule has 0 spiro atoms. The number of hydrogen-bond donors (Lipinski definition) is 1. The highest BCUT2D eigenvalue weighted by Gasteiger charge is 2.29. The number of alkyl halides is 3. The molecule has 2 aromatic rings. The van der Waals surface area contributed by atoms with Crippen molar-refractivity contribution >= 4 is 15.7 Å². The molecule has 8 heteroatoms. The fourth-order valence-electron chi connectivity index (χ4n) is 1.92. The van der Waals surface area contributed by atoms with Crippen LogP contribution < -0.4 is 9.46 Å². The Morgan fingerprint density at radius 2 is 1.71 bits per heavy atom. The zero-order chi connectivity index (χ0) is 18.0. The molecule has 0 unspecified atom stereocenters. The molecule has 0 aliphatic rings. The van der Waals surface area contributed by atoms with Gasteiger partial charge in [-0.2, -0.15) is 13.2 Å². The summed E-state index contributed by atoms with van der Waals surface area (Å²) in [6, 6.07) is 10.2. The summed E-state index contributed by atoms with van der Waals surface area (Å²) in [6.45, 7) is 2.11. The zero-order valence-corrected chi connectivity index (χ0v) is 13.8. The van der Waals surface area contributed by atoms with Gasteiger partial charge >= 0.3 is 6.18 Å². The number of para-hydroxylation sites is 2. The third-order valence-corrected chi connectivity index (χ3v) is 4.67. The maximum Gasteiger partial charge on any atom is 0.422 e. The molecule has 0 saturated carbocycles. The number of ether oxygens (including phenoxy) is 1. The molecule has 0 fully saturated rings. The first-order valence-corrected chi connectivity index (χ1v) is 8.45. The second kappa shape index (κ2) is 6.72. The minimum atomic E-state index is -4.51. The molecular formula is C16H16F3NO3S. The molecular weight excluding hydrogens is 343 g/mol. The van der Waals surface area contributed by atoms with Crippen molar-refractivity contribution in [3.05, 3.63) is 53.6 Å². The third-order valence-electron chi connectivity index (χ3n) is 3.31. The van der Waals surface area contributed by atoms with Gasteiger partial charge in [0.2, 0.25) is 0 Å². The largest absolute Gasteiger partial charge is 0.482 e. The van der Waals surface area contributed by atoms with Crippen molar-refractivity contribution in [1.82, 2.24) is 0 Å². The molecule has 0 aliphatic carbocycles. The van der Waals surface area contributed by atoms with Crippen molar-refractivity contribution in [2.45, 2.75) is 24.9 Å². The molecule has 0 bridgehead atoms. The Morgan fingerprint density at radius 1 is 1.04 bits per heavy atom. The van der Waals surface area contributed by atoms with E-state index in [-0.39, 0.29) is 16.3 Å². The number of hydrogen-bond acceptors (Lipinski definition) is 3. The fraction of sp³-hybridized carbons (Fsp3) is 0.250. The van der Waals surface area contributed by atoms with Crippen LogP contribution in [0, 0.1) is 13.8 Å². The Hall–Kier alpha value is -2.22. The van der Waals surface area contributed by atoms with Gasteiger partial charge in [-0.1, -0.05) is 18.2 Å². The van der Waals surface area contributed by atoms with Crippen LogP contribution in [0.5, 0.6) is 5.75 Å². The van der Waals surface area contributed by atoms with E-state index in [4.69, 9.17) is 0 Å². The first-order valence-electron chi connectivity index (χ1n) is 6.97. The van der Waals surface area contributed by atoms with Crippen LogP contribution in [-0.4, -0.2) is 21.2 Å². The highest BCUT2D eigenvalue weighted by atomic mass is 32.2. The summed E-state index contributed by atoms with van der Waals surface area (Å²) in [7, 11) is -3.94. The van der Waals surface area contributed by atoms with E-state index in [1.54, 1.807) is 13.0 Å². The highest BCUT2D eigenvalue weighted by Crippen LogP contribution is 2.28. The van der Waals surface area contributed by atoms with Gasteiger partial charge in [0.1, 0.15) is 5.75 Å². The Bertz CT molecular complexity index is 833. The van der Waals surface area contributed by atoms with E-state index in [0.717, 1.165) is 11.1 Å². The smallest absolute Gasteiger partial charge is 0.422 e. The summed E-state index contributed by atoms with van der Waals surface area (Å²) < 4.78 is 68.7. The molecule has 2 rings (SSSR count). The van der Waals surface area contributed by atoms with Gasteiger partial charge < -0.3 is 4.74 Å². The van der Waals surface area contributed by atoms with Gasteiger partial charge in [0.05, 0.1) is 10.6 Å². The van der Waals surface area contributed by atoms with Gasteiger partial charge in [-0.25, -0.2) is 8.42 Å². The van der Waals surface area contributed by atoms with Gasteiger partial charge in [0, 0.05) is 0 Å². The lowest BCUT2D eigenvalue weighted by atomic mass is 10.1. The Kier molecular flexibility index (Phi) is 5.08. The molecule has 0 heterocycles. The Balaban J connectivity index is 2.28. The molecule has 130 valence electrons. The minimum absolute atomic E-state index is 0.0243. The molecule has 0 saturated heterocycles. The summed E-state index contributed by atoms with van der Waals surface area (Å²) in [5.74, 6) is -0.192. The molecule has 4 nitrogen and oxygen atoms in total. The van der Waals surface area contributed by atoms with Gasteiger partial charge in [-0.15, -0.1) is 0 Å². The van der Waals surface area contributed by atoms with E-state index in [1.165, 1.54) is 36.4 Å². The standard InChI is InChI=1S/C16H16F3NO3S/c1-11-7-8-13(9-12(11)2)24(21,22)20-14-5-3-4-6-15(14)23-10-16(17,18)19/h3-9,20H,10H2,1-2H3. The number of rotatable bonds is 5. The quantitative estimate of drug-likeness (QED) is 0.876. The normalized spacial score (nSPS) is 12.0. The second-order valence-electron chi connectivity index (χ2n) is 5.25. The van der Waals surface area contributed by atoms with Crippen LogP contribution in [0.2, 0.25) is 0 Å². The third kappa shape index (κ3) is 4.64. The average molecular weight is 359 g/mol.